The van der Waals surface area contributed by atoms with E-state index in [9.17, 15) is 13.6 Å². The summed E-state index contributed by atoms with van der Waals surface area (Å²) >= 11 is 0. The fraction of sp³-hybridized carbons (Fsp3) is 0.235. The molecule has 2 aromatic heterocycles. The molecule has 1 aliphatic heterocycles. The maximum Gasteiger partial charge on any atom is 0.387 e. The first kappa shape index (κ1) is 15.5. The summed E-state index contributed by atoms with van der Waals surface area (Å²) < 4.78 is 31.4. The van der Waals surface area contributed by atoms with Gasteiger partial charge >= 0.3 is 6.61 Å². The third-order valence-electron chi connectivity index (χ3n) is 4.18. The maximum atomic E-state index is 13.0. The molecule has 0 saturated carbocycles. The van der Waals surface area contributed by atoms with E-state index in [2.05, 4.69) is 14.8 Å². The van der Waals surface area contributed by atoms with Crippen molar-refractivity contribution < 1.29 is 18.3 Å². The molecule has 0 spiro atoms. The summed E-state index contributed by atoms with van der Waals surface area (Å²) in [5.41, 5.74) is 2.03. The highest BCUT2D eigenvalue weighted by Crippen LogP contribution is 2.35. The van der Waals surface area contributed by atoms with Gasteiger partial charge in [-0.3, -0.25) is 4.79 Å². The Balaban J connectivity index is 1.75. The number of nitrogens with zero attached hydrogens (tertiary/aromatic N) is 4. The maximum absolute atomic E-state index is 13.0. The van der Waals surface area contributed by atoms with Crippen molar-refractivity contribution in [2.45, 2.75) is 19.5 Å². The first-order chi connectivity index (χ1) is 12.1. The third-order valence-corrected chi connectivity index (χ3v) is 4.18. The molecule has 6 nitrogen and oxygen atoms in total. The summed E-state index contributed by atoms with van der Waals surface area (Å²) in [7, 11) is 0. The molecular weight excluding hydrogens is 330 g/mol. The molecule has 0 atom stereocenters. The monoisotopic (exact) mass is 344 g/mol. The Hall–Kier alpha value is -3.03. The molecule has 0 aliphatic carbocycles. The van der Waals surface area contributed by atoms with Crippen molar-refractivity contribution in [2.75, 3.05) is 11.4 Å². The first-order valence-corrected chi connectivity index (χ1v) is 7.82. The number of rotatable bonds is 3. The molecule has 4 rings (SSSR count). The summed E-state index contributed by atoms with van der Waals surface area (Å²) in [5, 5.41) is 4.13. The van der Waals surface area contributed by atoms with Crippen molar-refractivity contribution in [2.24, 2.45) is 0 Å². The quantitative estimate of drug-likeness (QED) is 0.733. The average Bonchev–Trinajstić information content (AvgIpc) is 3.04. The van der Waals surface area contributed by atoms with Crippen LogP contribution in [0.5, 0.6) is 5.75 Å². The molecule has 128 valence electrons. The molecule has 1 amide bonds. The van der Waals surface area contributed by atoms with Gasteiger partial charge in [0, 0.05) is 24.5 Å². The number of hydrogen-bond donors (Lipinski definition) is 0. The van der Waals surface area contributed by atoms with E-state index >= 15 is 0 Å². The van der Waals surface area contributed by atoms with Crippen LogP contribution in [0.1, 0.15) is 22.3 Å². The second-order valence-corrected chi connectivity index (χ2v) is 5.64. The zero-order valence-electron chi connectivity index (χ0n) is 13.1. The zero-order valence-corrected chi connectivity index (χ0v) is 13.1. The van der Waals surface area contributed by atoms with E-state index in [1.807, 2.05) is 0 Å². The molecule has 0 unspecified atom stereocenters. The van der Waals surface area contributed by atoms with Crippen LogP contribution in [0, 0.1) is 0 Å². The normalized spacial score (nSPS) is 14.0. The van der Waals surface area contributed by atoms with Crippen LogP contribution in [-0.4, -0.2) is 33.7 Å². The van der Waals surface area contributed by atoms with Gasteiger partial charge in [0.2, 0.25) is 0 Å². The van der Waals surface area contributed by atoms with Crippen molar-refractivity contribution in [3.05, 3.63) is 54.0 Å². The zero-order chi connectivity index (χ0) is 17.4. The van der Waals surface area contributed by atoms with Crippen LogP contribution in [0.4, 0.5) is 14.5 Å². The Morgan fingerprint density at radius 2 is 2.16 bits per heavy atom. The number of amides is 1. The lowest BCUT2D eigenvalue weighted by Crippen LogP contribution is -2.35. The van der Waals surface area contributed by atoms with Crippen LogP contribution in [0.3, 0.4) is 0 Å². The van der Waals surface area contributed by atoms with Gasteiger partial charge in [-0.15, -0.1) is 0 Å². The van der Waals surface area contributed by atoms with Gasteiger partial charge in [-0.05, 0) is 31.0 Å². The number of carbonyl (C=O) groups is 1. The third kappa shape index (κ3) is 2.69. The Morgan fingerprint density at radius 1 is 1.28 bits per heavy atom. The topological polar surface area (TPSA) is 59.7 Å². The van der Waals surface area contributed by atoms with Crippen LogP contribution in [-0.2, 0) is 6.42 Å². The predicted molar refractivity (Wildman–Crippen MR) is 86.1 cm³/mol. The molecule has 1 aromatic carbocycles. The van der Waals surface area contributed by atoms with Gasteiger partial charge in [0.05, 0.1) is 11.9 Å². The van der Waals surface area contributed by atoms with Crippen molar-refractivity contribution in [3.8, 4) is 5.75 Å². The Labute approximate surface area is 141 Å². The molecule has 0 fully saturated rings. The van der Waals surface area contributed by atoms with E-state index in [1.54, 1.807) is 35.5 Å². The number of aromatic nitrogens is 3. The second kappa shape index (κ2) is 6.12. The van der Waals surface area contributed by atoms with E-state index < -0.39 is 6.61 Å². The van der Waals surface area contributed by atoms with Crippen molar-refractivity contribution in [1.82, 2.24) is 14.6 Å². The predicted octanol–water partition coefficient (Wildman–Crippen LogP) is 2.92. The summed E-state index contributed by atoms with van der Waals surface area (Å²) in [6.45, 7) is -2.41. The number of benzene rings is 1. The largest absolute Gasteiger partial charge is 0.434 e. The minimum Gasteiger partial charge on any atom is -0.434 e. The average molecular weight is 344 g/mol. The number of fused-ring (bicyclic) bond motifs is 2. The van der Waals surface area contributed by atoms with E-state index in [-0.39, 0.29) is 11.7 Å². The van der Waals surface area contributed by atoms with Crippen molar-refractivity contribution in [3.63, 3.8) is 0 Å². The minimum absolute atomic E-state index is 0.114. The fourth-order valence-corrected chi connectivity index (χ4v) is 3.13. The molecule has 0 saturated heterocycles. The van der Waals surface area contributed by atoms with Gasteiger partial charge < -0.3 is 9.64 Å². The minimum atomic E-state index is -2.90. The molecule has 8 heteroatoms. The number of carbonyl (C=O) groups excluding carboxylic acids is 1. The summed E-state index contributed by atoms with van der Waals surface area (Å²) in [6.07, 6.45) is 6.01. The molecule has 1 aliphatic rings. The van der Waals surface area contributed by atoms with E-state index in [0.29, 0.717) is 41.8 Å². The van der Waals surface area contributed by atoms with Gasteiger partial charge in [-0.2, -0.15) is 13.9 Å². The second-order valence-electron chi connectivity index (χ2n) is 5.64. The Morgan fingerprint density at radius 3 is 3.00 bits per heavy atom. The summed E-state index contributed by atoms with van der Waals surface area (Å²) in [5.74, 6) is -0.146. The van der Waals surface area contributed by atoms with Gasteiger partial charge in [0.15, 0.2) is 5.65 Å². The highest BCUT2D eigenvalue weighted by Gasteiger charge is 2.28. The molecule has 25 heavy (non-hydrogen) atoms. The lowest BCUT2D eigenvalue weighted by molar-refractivity contribution is -0.0504. The van der Waals surface area contributed by atoms with Crippen LogP contribution >= 0.6 is 0 Å². The fourth-order valence-electron chi connectivity index (χ4n) is 3.13. The standard InChI is InChI=1S/C17H14F2N4O2/c18-17(19)25-14-6-1-5-13-11(14)4-2-8-22(13)16(24)12-10-21-23-9-3-7-20-15(12)23/h1,3,5-7,9-10,17H,2,4,8H2. The number of halogens is 2. The molecule has 3 aromatic rings. The summed E-state index contributed by atoms with van der Waals surface area (Å²) in [4.78, 5) is 18.8. The number of ether oxygens (including phenoxy) is 1. The highest BCUT2D eigenvalue weighted by atomic mass is 19.3. The SMILES string of the molecule is O=C(c1cnn2cccnc12)N1CCCc2c(OC(F)F)cccc21. The van der Waals surface area contributed by atoms with Gasteiger partial charge in [0.25, 0.3) is 5.91 Å². The number of hydrogen-bond acceptors (Lipinski definition) is 4. The first-order valence-electron chi connectivity index (χ1n) is 7.82. The number of anilines is 1. The Kier molecular flexibility index (Phi) is 3.79. The molecule has 0 N–H and O–H groups in total. The van der Waals surface area contributed by atoms with Crippen LogP contribution in [0.2, 0.25) is 0 Å². The molecule has 0 radical (unpaired) electrons. The van der Waals surface area contributed by atoms with Crippen molar-refractivity contribution >= 4 is 17.2 Å². The molecular formula is C17H14F2N4O2. The number of alkyl halides is 2. The lowest BCUT2D eigenvalue weighted by Gasteiger charge is -2.30. The highest BCUT2D eigenvalue weighted by molar-refractivity contribution is 6.10. The smallest absolute Gasteiger partial charge is 0.387 e. The van der Waals surface area contributed by atoms with Crippen LogP contribution in [0.25, 0.3) is 5.65 Å². The van der Waals surface area contributed by atoms with Crippen LogP contribution < -0.4 is 9.64 Å². The summed E-state index contributed by atoms with van der Waals surface area (Å²) in [6, 6.07) is 6.56. The van der Waals surface area contributed by atoms with E-state index in [1.165, 1.54) is 16.8 Å². The lowest BCUT2D eigenvalue weighted by atomic mass is 10.00. The van der Waals surface area contributed by atoms with E-state index in [4.69, 9.17) is 0 Å². The van der Waals surface area contributed by atoms with Gasteiger partial charge in [0.1, 0.15) is 11.3 Å². The van der Waals surface area contributed by atoms with Gasteiger partial charge in [-0.1, -0.05) is 6.07 Å². The van der Waals surface area contributed by atoms with Gasteiger partial charge in [-0.25, -0.2) is 9.50 Å². The van der Waals surface area contributed by atoms with Crippen LogP contribution in [0.15, 0.2) is 42.9 Å². The Bertz CT molecular complexity index is 941. The molecule has 0 bridgehead atoms. The molecule has 3 heterocycles. The van der Waals surface area contributed by atoms with E-state index in [0.717, 1.165) is 0 Å². The van der Waals surface area contributed by atoms with Crippen molar-refractivity contribution in [1.29, 1.82) is 0 Å².